The molecular formula is C21H25ClN2O4S. The number of sulfonamides is 1. The van der Waals surface area contributed by atoms with Gasteiger partial charge in [0.15, 0.2) is 0 Å². The standard InChI is InChI=1S/C21H25ClN2O4S/c1-15-11-12-24(14-19(15)28-3)21(25)16-9-10-18(22)20(13-16)29(26,27)23(2)17-7-5-4-6-8-17/h4-10,13,15,19H,11-12,14H2,1-3H3/t15-,19-/m1/s1. The Hall–Kier alpha value is -2.09. The van der Waals surface area contributed by atoms with Gasteiger partial charge in [-0.05, 0) is 42.7 Å². The van der Waals surface area contributed by atoms with Crippen LogP contribution in [0, 0.1) is 5.92 Å². The number of nitrogens with zero attached hydrogens (tertiary/aromatic N) is 2. The molecule has 0 aromatic heterocycles. The summed E-state index contributed by atoms with van der Waals surface area (Å²) in [5, 5.41) is 0.0753. The normalized spacial score (nSPS) is 19.8. The fraction of sp³-hybridized carbons (Fsp3) is 0.381. The highest BCUT2D eigenvalue weighted by molar-refractivity contribution is 7.93. The van der Waals surface area contributed by atoms with Gasteiger partial charge in [0.05, 0.1) is 16.8 Å². The quantitative estimate of drug-likeness (QED) is 0.717. The number of methoxy groups -OCH3 is 1. The van der Waals surface area contributed by atoms with E-state index in [2.05, 4.69) is 6.92 Å². The zero-order valence-electron chi connectivity index (χ0n) is 16.7. The summed E-state index contributed by atoms with van der Waals surface area (Å²) in [7, 11) is -0.824. The van der Waals surface area contributed by atoms with Gasteiger partial charge >= 0.3 is 0 Å². The highest BCUT2D eigenvalue weighted by Crippen LogP contribution is 2.29. The highest BCUT2D eigenvalue weighted by Gasteiger charge is 2.31. The number of para-hydroxylation sites is 1. The van der Waals surface area contributed by atoms with Gasteiger partial charge in [0.2, 0.25) is 0 Å². The number of hydrogen-bond donors (Lipinski definition) is 0. The Bertz CT molecular complexity index is 981. The largest absolute Gasteiger partial charge is 0.379 e. The van der Waals surface area contributed by atoms with Crippen LogP contribution in [0.1, 0.15) is 23.7 Å². The van der Waals surface area contributed by atoms with Gasteiger partial charge in [-0.2, -0.15) is 0 Å². The number of benzene rings is 2. The lowest BCUT2D eigenvalue weighted by Gasteiger charge is -2.36. The molecule has 29 heavy (non-hydrogen) atoms. The predicted molar refractivity (Wildman–Crippen MR) is 114 cm³/mol. The molecule has 156 valence electrons. The Kier molecular flexibility index (Phi) is 6.51. The first-order valence-corrected chi connectivity index (χ1v) is 11.2. The van der Waals surface area contributed by atoms with E-state index in [1.807, 2.05) is 6.07 Å². The molecule has 1 heterocycles. The molecule has 0 aliphatic carbocycles. The number of likely N-dealkylation sites (tertiary alicyclic amines) is 1. The van der Waals surface area contributed by atoms with Crippen molar-refractivity contribution >= 4 is 33.2 Å². The van der Waals surface area contributed by atoms with Gasteiger partial charge in [0.25, 0.3) is 15.9 Å². The predicted octanol–water partition coefficient (Wildman–Crippen LogP) is 3.66. The number of amides is 1. The summed E-state index contributed by atoms with van der Waals surface area (Å²) in [4.78, 5) is 14.6. The zero-order valence-corrected chi connectivity index (χ0v) is 18.3. The number of ether oxygens (including phenoxy) is 1. The van der Waals surface area contributed by atoms with Gasteiger partial charge in [-0.25, -0.2) is 8.42 Å². The van der Waals surface area contributed by atoms with E-state index in [9.17, 15) is 13.2 Å². The number of carbonyl (C=O) groups is 1. The fourth-order valence-electron chi connectivity index (χ4n) is 3.47. The van der Waals surface area contributed by atoms with Crippen molar-refractivity contribution in [1.82, 2.24) is 4.90 Å². The van der Waals surface area contributed by atoms with Crippen LogP contribution < -0.4 is 4.31 Å². The molecule has 0 unspecified atom stereocenters. The average molecular weight is 437 g/mol. The Labute approximate surface area is 177 Å². The zero-order chi connectivity index (χ0) is 21.2. The van der Waals surface area contributed by atoms with Crippen molar-refractivity contribution in [3.63, 3.8) is 0 Å². The molecule has 1 amide bonds. The second-order valence-corrected chi connectivity index (χ2v) is 9.59. The van der Waals surface area contributed by atoms with Crippen LogP contribution in [0.2, 0.25) is 5.02 Å². The molecule has 2 aromatic rings. The van der Waals surface area contributed by atoms with Crippen molar-refractivity contribution in [2.45, 2.75) is 24.3 Å². The molecule has 8 heteroatoms. The number of rotatable bonds is 5. The molecule has 0 saturated carbocycles. The molecule has 1 fully saturated rings. The number of carbonyl (C=O) groups excluding carboxylic acids is 1. The van der Waals surface area contributed by atoms with Gasteiger partial charge in [-0.15, -0.1) is 0 Å². The van der Waals surface area contributed by atoms with Crippen molar-refractivity contribution in [2.24, 2.45) is 5.92 Å². The van der Waals surface area contributed by atoms with Crippen molar-refractivity contribution in [1.29, 1.82) is 0 Å². The summed E-state index contributed by atoms with van der Waals surface area (Å²) >= 11 is 6.22. The summed E-state index contributed by atoms with van der Waals surface area (Å²) in [6, 6.07) is 13.1. The van der Waals surface area contributed by atoms with E-state index >= 15 is 0 Å². The van der Waals surface area contributed by atoms with Crippen LogP contribution in [-0.4, -0.2) is 52.6 Å². The van der Waals surface area contributed by atoms with Crippen LogP contribution in [-0.2, 0) is 14.8 Å². The lowest BCUT2D eigenvalue weighted by molar-refractivity contribution is -0.00157. The molecule has 3 rings (SSSR count). The first kappa shape index (κ1) is 21.6. The molecule has 1 saturated heterocycles. The molecule has 6 nitrogen and oxygen atoms in total. The number of piperidine rings is 1. The lowest BCUT2D eigenvalue weighted by Crippen LogP contribution is -2.46. The summed E-state index contributed by atoms with van der Waals surface area (Å²) in [5.74, 6) is 0.138. The summed E-state index contributed by atoms with van der Waals surface area (Å²) < 4.78 is 32.9. The third kappa shape index (κ3) is 4.42. The third-order valence-corrected chi connectivity index (χ3v) is 7.68. The van der Waals surface area contributed by atoms with Gasteiger partial charge in [0, 0.05) is 32.8 Å². The van der Waals surface area contributed by atoms with Crippen LogP contribution in [0.3, 0.4) is 0 Å². The van der Waals surface area contributed by atoms with E-state index in [0.717, 1.165) is 10.7 Å². The summed E-state index contributed by atoms with van der Waals surface area (Å²) in [6.07, 6.45) is 0.798. The van der Waals surface area contributed by atoms with Crippen LogP contribution in [0.4, 0.5) is 5.69 Å². The Morgan fingerprint density at radius 2 is 1.90 bits per heavy atom. The van der Waals surface area contributed by atoms with Crippen molar-refractivity contribution < 1.29 is 17.9 Å². The van der Waals surface area contributed by atoms with Crippen LogP contribution in [0.25, 0.3) is 0 Å². The maximum Gasteiger partial charge on any atom is 0.265 e. The van der Waals surface area contributed by atoms with E-state index in [4.69, 9.17) is 16.3 Å². The molecule has 1 aliphatic rings. The monoisotopic (exact) mass is 436 g/mol. The minimum absolute atomic E-state index is 0.0348. The van der Waals surface area contributed by atoms with Gasteiger partial charge in [-0.1, -0.05) is 36.7 Å². The smallest absolute Gasteiger partial charge is 0.265 e. The fourth-order valence-corrected chi connectivity index (χ4v) is 5.16. The van der Waals surface area contributed by atoms with E-state index in [-0.39, 0.29) is 21.9 Å². The van der Waals surface area contributed by atoms with E-state index in [0.29, 0.717) is 30.3 Å². The van der Waals surface area contributed by atoms with E-state index in [1.54, 1.807) is 42.3 Å². The van der Waals surface area contributed by atoms with Crippen molar-refractivity contribution in [3.05, 3.63) is 59.1 Å². The minimum Gasteiger partial charge on any atom is -0.379 e. The molecule has 0 bridgehead atoms. The Morgan fingerprint density at radius 3 is 2.55 bits per heavy atom. The topological polar surface area (TPSA) is 66.9 Å². The van der Waals surface area contributed by atoms with Gasteiger partial charge < -0.3 is 9.64 Å². The van der Waals surface area contributed by atoms with Crippen LogP contribution >= 0.6 is 11.6 Å². The highest BCUT2D eigenvalue weighted by atomic mass is 35.5. The number of hydrogen-bond acceptors (Lipinski definition) is 4. The summed E-state index contributed by atoms with van der Waals surface area (Å²) in [5.41, 5.74) is 0.798. The molecule has 2 atom stereocenters. The minimum atomic E-state index is -3.93. The SMILES string of the molecule is CO[C@@H]1CN(C(=O)c2ccc(Cl)c(S(=O)(=O)N(C)c3ccccc3)c2)CC[C@H]1C. The molecule has 2 aromatic carbocycles. The van der Waals surface area contributed by atoms with Gasteiger partial charge in [0.1, 0.15) is 4.90 Å². The van der Waals surface area contributed by atoms with E-state index in [1.165, 1.54) is 19.2 Å². The molecule has 1 aliphatic heterocycles. The molecule has 0 radical (unpaired) electrons. The Morgan fingerprint density at radius 1 is 1.21 bits per heavy atom. The van der Waals surface area contributed by atoms with Crippen molar-refractivity contribution in [2.75, 3.05) is 31.6 Å². The molecule has 0 spiro atoms. The maximum atomic E-state index is 13.1. The summed E-state index contributed by atoms with van der Waals surface area (Å²) in [6.45, 7) is 3.18. The first-order valence-electron chi connectivity index (χ1n) is 9.41. The maximum absolute atomic E-state index is 13.1. The van der Waals surface area contributed by atoms with Crippen molar-refractivity contribution in [3.8, 4) is 0 Å². The average Bonchev–Trinajstić information content (AvgIpc) is 2.73. The number of anilines is 1. The van der Waals surface area contributed by atoms with Crippen LogP contribution in [0.5, 0.6) is 0 Å². The second-order valence-electron chi connectivity index (χ2n) is 7.24. The second kappa shape index (κ2) is 8.73. The van der Waals surface area contributed by atoms with E-state index < -0.39 is 10.0 Å². The molecular weight excluding hydrogens is 412 g/mol. The third-order valence-electron chi connectivity index (χ3n) is 5.42. The first-order chi connectivity index (χ1) is 13.8. The molecule has 0 N–H and O–H groups in total. The number of halogens is 1. The lowest BCUT2D eigenvalue weighted by atomic mass is 9.95. The van der Waals surface area contributed by atoms with Gasteiger partial charge in [-0.3, -0.25) is 9.10 Å². The van der Waals surface area contributed by atoms with Crippen LogP contribution in [0.15, 0.2) is 53.4 Å². The Balaban J connectivity index is 1.91.